The van der Waals surface area contributed by atoms with Crippen molar-refractivity contribution in [3.8, 4) is 0 Å². The Labute approximate surface area is 117 Å². The molecule has 0 amide bonds. The van der Waals surface area contributed by atoms with Crippen LogP contribution in [-0.4, -0.2) is 43.5 Å². The van der Waals surface area contributed by atoms with Gasteiger partial charge in [-0.2, -0.15) is 0 Å². The number of halogens is 1. The van der Waals surface area contributed by atoms with E-state index in [1.165, 1.54) is 41.1 Å². The van der Waals surface area contributed by atoms with Crippen molar-refractivity contribution in [3.05, 3.63) is 20.8 Å². The summed E-state index contributed by atoms with van der Waals surface area (Å²) >= 11 is 5.37. The second-order valence-electron chi connectivity index (χ2n) is 5.15. The van der Waals surface area contributed by atoms with Gasteiger partial charge in [0.15, 0.2) is 0 Å². The van der Waals surface area contributed by atoms with Gasteiger partial charge in [-0.3, -0.25) is 0 Å². The molecule has 0 aliphatic carbocycles. The molecule has 2 rings (SSSR count). The molecule has 0 radical (unpaired) electrons. The van der Waals surface area contributed by atoms with E-state index in [0.717, 1.165) is 12.5 Å². The van der Waals surface area contributed by atoms with Gasteiger partial charge in [-0.15, -0.1) is 11.3 Å². The van der Waals surface area contributed by atoms with E-state index in [4.69, 9.17) is 0 Å². The van der Waals surface area contributed by atoms with E-state index >= 15 is 0 Å². The normalized spacial score (nSPS) is 19.1. The summed E-state index contributed by atoms with van der Waals surface area (Å²) in [5.41, 5.74) is 0. The molecule has 0 bridgehead atoms. The van der Waals surface area contributed by atoms with Crippen LogP contribution in [0.1, 0.15) is 17.7 Å². The van der Waals surface area contributed by atoms with E-state index in [2.05, 4.69) is 52.0 Å². The summed E-state index contributed by atoms with van der Waals surface area (Å²) in [6, 6.07) is 4.36. The van der Waals surface area contributed by atoms with Crippen molar-refractivity contribution in [3.63, 3.8) is 0 Å². The Morgan fingerprint density at radius 3 is 2.71 bits per heavy atom. The van der Waals surface area contributed by atoms with Crippen molar-refractivity contribution in [2.24, 2.45) is 5.92 Å². The first kappa shape index (κ1) is 13.5. The lowest BCUT2D eigenvalue weighted by molar-refractivity contribution is 0.174. The fourth-order valence-corrected chi connectivity index (χ4v) is 4.02. The Morgan fingerprint density at radius 1 is 1.41 bits per heavy atom. The first-order chi connectivity index (χ1) is 8.13. The second-order valence-corrected chi connectivity index (χ2v) is 7.70. The molecule has 1 aliphatic heterocycles. The lowest BCUT2D eigenvalue weighted by Crippen LogP contribution is -2.35. The maximum absolute atomic E-state index is 3.52. The molecule has 2 nitrogen and oxygen atoms in total. The molecule has 0 spiro atoms. The topological polar surface area (TPSA) is 6.48 Å². The van der Waals surface area contributed by atoms with Gasteiger partial charge in [0.25, 0.3) is 0 Å². The molecule has 17 heavy (non-hydrogen) atoms. The average molecular weight is 317 g/mol. The molecule has 96 valence electrons. The Bertz CT molecular complexity index is 345. The van der Waals surface area contributed by atoms with Crippen LogP contribution in [0.4, 0.5) is 0 Å². The fraction of sp³-hybridized carbons (Fsp3) is 0.692. The molecule has 0 saturated carbocycles. The second kappa shape index (κ2) is 6.32. The smallest absolute Gasteiger partial charge is 0.0701 e. The number of thiophene rings is 1. The quantitative estimate of drug-likeness (QED) is 0.841. The lowest BCUT2D eigenvalue weighted by Gasteiger charge is -2.31. The molecule has 1 saturated heterocycles. The summed E-state index contributed by atoms with van der Waals surface area (Å²) in [5.74, 6) is 0.889. The number of hydrogen-bond donors (Lipinski definition) is 0. The number of likely N-dealkylation sites (tertiary alicyclic amines) is 1. The molecule has 2 heterocycles. The van der Waals surface area contributed by atoms with Crippen LogP contribution in [0.25, 0.3) is 0 Å². The molecule has 0 N–H and O–H groups in total. The van der Waals surface area contributed by atoms with Crippen molar-refractivity contribution in [2.45, 2.75) is 19.4 Å². The molecule has 0 atom stereocenters. The molecule has 0 unspecified atom stereocenters. The summed E-state index contributed by atoms with van der Waals surface area (Å²) in [7, 11) is 4.47. The first-order valence-electron chi connectivity index (χ1n) is 6.25. The largest absolute Gasteiger partial charge is 0.306 e. The van der Waals surface area contributed by atoms with Crippen molar-refractivity contribution in [2.75, 3.05) is 33.7 Å². The van der Waals surface area contributed by atoms with E-state index in [9.17, 15) is 0 Å². The van der Waals surface area contributed by atoms with Crippen LogP contribution in [0, 0.1) is 5.92 Å². The summed E-state index contributed by atoms with van der Waals surface area (Å²) < 4.78 is 1.24. The third-order valence-corrected chi connectivity index (χ3v) is 5.07. The minimum Gasteiger partial charge on any atom is -0.306 e. The van der Waals surface area contributed by atoms with Crippen LogP contribution in [0.5, 0.6) is 0 Å². The Balaban J connectivity index is 1.75. The van der Waals surface area contributed by atoms with Crippen LogP contribution in [0.15, 0.2) is 15.9 Å². The highest BCUT2D eigenvalue weighted by atomic mass is 79.9. The Kier molecular flexibility index (Phi) is 5.03. The summed E-state index contributed by atoms with van der Waals surface area (Å²) in [6.45, 7) is 4.86. The summed E-state index contributed by atoms with van der Waals surface area (Å²) in [4.78, 5) is 6.36. The van der Waals surface area contributed by atoms with E-state index in [0.29, 0.717) is 0 Å². The van der Waals surface area contributed by atoms with Crippen molar-refractivity contribution in [1.29, 1.82) is 0 Å². The molecule has 1 aliphatic rings. The van der Waals surface area contributed by atoms with Gasteiger partial charge in [0.2, 0.25) is 0 Å². The van der Waals surface area contributed by atoms with E-state index < -0.39 is 0 Å². The third-order valence-electron chi connectivity index (χ3n) is 3.46. The maximum atomic E-state index is 3.52. The van der Waals surface area contributed by atoms with Gasteiger partial charge in [0, 0.05) is 18.0 Å². The molecule has 1 aromatic rings. The van der Waals surface area contributed by atoms with Crippen LogP contribution < -0.4 is 0 Å². The van der Waals surface area contributed by atoms with Gasteiger partial charge in [-0.1, -0.05) is 0 Å². The maximum Gasteiger partial charge on any atom is 0.0701 e. The molecular weight excluding hydrogens is 296 g/mol. The minimum absolute atomic E-state index is 0.889. The van der Waals surface area contributed by atoms with Gasteiger partial charge in [-0.05, 0) is 74.0 Å². The van der Waals surface area contributed by atoms with Gasteiger partial charge in [0.1, 0.15) is 0 Å². The monoisotopic (exact) mass is 316 g/mol. The van der Waals surface area contributed by atoms with Crippen LogP contribution in [0.2, 0.25) is 0 Å². The predicted molar refractivity (Wildman–Crippen MR) is 78.6 cm³/mol. The molecule has 1 fully saturated rings. The highest BCUT2D eigenvalue weighted by Crippen LogP contribution is 2.24. The standard InChI is InChI=1S/C13H21BrN2S/c1-15-7-5-11(6-8-15)9-16(2)10-12-3-4-13(14)17-12/h3-4,11H,5-10H2,1-2H3. The predicted octanol–water partition coefficient (Wildman–Crippen LogP) is 3.28. The molecule has 0 aromatic carbocycles. The van der Waals surface area contributed by atoms with Gasteiger partial charge < -0.3 is 9.80 Å². The van der Waals surface area contributed by atoms with Gasteiger partial charge in [0.05, 0.1) is 3.79 Å². The zero-order valence-electron chi connectivity index (χ0n) is 10.7. The Hall–Kier alpha value is 0.1000. The van der Waals surface area contributed by atoms with E-state index in [1.54, 1.807) is 0 Å². The van der Waals surface area contributed by atoms with Crippen molar-refractivity contribution >= 4 is 27.3 Å². The molecule has 1 aromatic heterocycles. The minimum atomic E-state index is 0.889. The number of nitrogens with zero attached hydrogens (tertiary/aromatic N) is 2. The fourth-order valence-electron chi connectivity index (χ4n) is 2.45. The zero-order chi connectivity index (χ0) is 12.3. The highest BCUT2D eigenvalue weighted by molar-refractivity contribution is 9.11. The lowest BCUT2D eigenvalue weighted by atomic mass is 9.97. The number of piperidine rings is 1. The summed E-state index contributed by atoms with van der Waals surface area (Å²) in [5, 5.41) is 0. The summed E-state index contributed by atoms with van der Waals surface area (Å²) in [6.07, 6.45) is 2.71. The Morgan fingerprint density at radius 2 is 2.12 bits per heavy atom. The van der Waals surface area contributed by atoms with Crippen molar-refractivity contribution < 1.29 is 0 Å². The van der Waals surface area contributed by atoms with Gasteiger partial charge >= 0.3 is 0 Å². The first-order valence-corrected chi connectivity index (χ1v) is 7.86. The van der Waals surface area contributed by atoms with Gasteiger partial charge in [-0.25, -0.2) is 0 Å². The van der Waals surface area contributed by atoms with E-state index in [-0.39, 0.29) is 0 Å². The number of rotatable bonds is 4. The van der Waals surface area contributed by atoms with Crippen LogP contribution in [-0.2, 0) is 6.54 Å². The average Bonchev–Trinajstić information content (AvgIpc) is 2.67. The zero-order valence-corrected chi connectivity index (χ0v) is 13.1. The van der Waals surface area contributed by atoms with Crippen molar-refractivity contribution in [1.82, 2.24) is 9.80 Å². The van der Waals surface area contributed by atoms with E-state index in [1.807, 2.05) is 11.3 Å². The number of hydrogen-bond acceptors (Lipinski definition) is 3. The molecular formula is C13H21BrN2S. The van der Waals surface area contributed by atoms with Crippen LogP contribution in [0.3, 0.4) is 0 Å². The third kappa shape index (κ3) is 4.36. The van der Waals surface area contributed by atoms with Crippen LogP contribution >= 0.6 is 27.3 Å². The molecule has 4 heteroatoms. The highest BCUT2D eigenvalue weighted by Gasteiger charge is 2.18. The SMILES string of the molecule is CN1CCC(CN(C)Cc2ccc(Br)s2)CC1.